The minimum absolute atomic E-state index is 0.00524. The normalized spacial score (nSPS) is 35.3. The Labute approximate surface area is 168 Å². The van der Waals surface area contributed by atoms with Crippen LogP contribution in [0.3, 0.4) is 0 Å². The Balaban J connectivity index is 1.62. The lowest BCUT2D eigenvalue weighted by Crippen LogP contribution is -2.48. The maximum absolute atomic E-state index is 13.0. The highest BCUT2D eigenvalue weighted by atomic mass is 16.6. The summed E-state index contributed by atoms with van der Waals surface area (Å²) in [7, 11) is 0. The van der Waals surface area contributed by atoms with Crippen molar-refractivity contribution in [1.82, 2.24) is 0 Å². The first-order chi connectivity index (χ1) is 13.4. The predicted molar refractivity (Wildman–Crippen MR) is 107 cm³/mol. The molecular formula is C24H34O4. The van der Waals surface area contributed by atoms with Gasteiger partial charge in [0.2, 0.25) is 0 Å². The van der Waals surface area contributed by atoms with Gasteiger partial charge in [-0.1, -0.05) is 13.0 Å². The van der Waals surface area contributed by atoms with E-state index in [1.165, 1.54) is 25.7 Å². The van der Waals surface area contributed by atoms with E-state index in [9.17, 15) is 9.59 Å². The van der Waals surface area contributed by atoms with Crippen LogP contribution in [-0.4, -0.2) is 18.0 Å². The molecule has 5 saturated carbocycles. The van der Waals surface area contributed by atoms with Gasteiger partial charge in [0.25, 0.3) is 0 Å². The van der Waals surface area contributed by atoms with Crippen molar-refractivity contribution in [3.8, 4) is 0 Å². The molecule has 0 aliphatic heterocycles. The molecule has 0 amide bonds. The van der Waals surface area contributed by atoms with Gasteiger partial charge in [-0.15, -0.1) is 0 Å². The van der Waals surface area contributed by atoms with Crippen LogP contribution in [0, 0.1) is 23.2 Å². The fourth-order valence-electron chi connectivity index (χ4n) is 6.67. The van der Waals surface area contributed by atoms with Crippen LogP contribution >= 0.6 is 0 Å². The molecule has 0 atom stereocenters. The van der Waals surface area contributed by atoms with Crippen LogP contribution < -0.4 is 0 Å². The standard InChI is InChI=1S/C24H34O4/c1-15(2)22(25)28-21(16(3)23(26)27-20-7-5-4-6-8-20)24-12-17-9-18(13-24)11-19(10-17)14-24/h17-20H,1,4-14H2,2-3H3. The van der Waals surface area contributed by atoms with Crippen molar-refractivity contribution < 1.29 is 19.1 Å². The third-order valence-corrected chi connectivity index (χ3v) is 7.54. The molecule has 28 heavy (non-hydrogen) atoms. The molecule has 0 spiro atoms. The van der Waals surface area contributed by atoms with Crippen LogP contribution in [0.15, 0.2) is 23.5 Å². The van der Waals surface area contributed by atoms with Gasteiger partial charge < -0.3 is 9.47 Å². The van der Waals surface area contributed by atoms with E-state index in [0.717, 1.165) is 44.9 Å². The molecule has 0 N–H and O–H groups in total. The maximum atomic E-state index is 13.0. The molecule has 0 radical (unpaired) electrons. The van der Waals surface area contributed by atoms with E-state index in [4.69, 9.17) is 9.47 Å². The predicted octanol–water partition coefficient (Wildman–Crippen LogP) is 5.47. The molecule has 0 aromatic heterocycles. The van der Waals surface area contributed by atoms with Crippen LogP contribution in [0.1, 0.15) is 84.5 Å². The minimum Gasteiger partial charge on any atom is -0.459 e. The average molecular weight is 387 g/mol. The van der Waals surface area contributed by atoms with E-state index in [1.54, 1.807) is 13.8 Å². The highest BCUT2D eigenvalue weighted by Gasteiger charge is 2.54. The summed E-state index contributed by atoms with van der Waals surface area (Å²) in [5.41, 5.74) is 0.702. The lowest BCUT2D eigenvalue weighted by Gasteiger charge is -2.57. The molecule has 0 heterocycles. The van der Waals surface area contributed by atoms with E-state index in [0.29, 0.717) is 34.7 Å². The van der Waals surface area contributed by atoms with E-state index in [-0.39, 0.29) is 17.5 Å². The first-order valence-corrected chi connectivity index (χ1v) is 11.2. The Morgan fingerprint density at radius 3 is 1.89 bits per heavy atom. The highest BCUT2D eigenvalue weighted by molar-refractivity contribution is 5.91. The quantitative estimate of drug-likeness (QED) is 0.357. The Kier molecular flexibility index (Phi) is 5.41. The first kappa shape index (κ1) is 19.7. The largest absolute Gasteiger partial charge is 0.459 e. The number of hydrogen-bond acceptors (Lipinski definition) is 4. The first-order valence-electron chi connectivity index (χ1n) is 11.2. The molecule has 0 aromatic rings. The van der Waals surface area contributed by atoms with Crippen LogP contribution in [0.5, 0.6) is 0 Å². The minimum atomic E-state index is -0.421. The van der Waals surface area contributed by atoms with Crippen LogP contribution in [0.2, 0.25) is 0 Å². The molecule has 5 fully saturated rings. The summed E-state index contributed by atoms with van der Waals surface area (Å²) in [4.78, 5) is 25.5. The molecule has 0 unspecified atom stereocenters. The monoisotopic (exact) mass is 386 g/mol. The number of carbonyl (C=O) groups is 2. The van der Waals surface area contributed by atoms with E-state index < -0.39 is 5.97 Å². The topological polar surface area (TPSA) is 52.6 Å². The molecule has 154 valence electrons. The Hall–Kier alpha value is -1.58. The van der Waals surface area contributed by atoms with Gasteiger partial charge >= 0.3 is 11.9 Å². The molecule has 5 aliphatic carbocycles. The summed E-state index contributed by atoms with van der Waals surface area (Å²) < 4.78 is 11.7. The highest BCUT2D eigenvalue weighted by Crippen LogP contribution is 2.63. The zero-order chi connectivity index (χ0) is 19.9. The van der Waals surface area contributed by atoms with Crippen LogP contribution in [-0.2, 0) is 19.1 Å². The molecule has 0 saturated heterocycles. The second-order valence-corrected chi connectivity index (χ2v) is 9.99. The third-order valence-electron chi connectivity index (χ3n) is 7.54. The van der Waals surface area contributed by atoms with Crippen molar-refractivity contribution in [1.29, 1.82) is 0 Å². The summed E-state index contributed by atoms with van der Waals surface area (Å²) in [6.07, 6.45) is 12.3. The van der Waals surface area contributed by atoms with E-state index in [2.05, 4.69) is 6.58 Å². The van der Waals surface area contributed by atoms with Crippen LogP contribution in [0.4, 0.5) is 0 Å². The molecule has 4 nitrogen and oxygen atoms in total. The second kappa shape index (κ2) is 7.68. The third kappa shape index (κ3) is 3.79. The smallest absolute Gasteiger partial charge is 0.338 e. The number of hydrogen-bond donors (Lipinski definition) is 0. The number of allylic oxidation sites excluding steroid dienone is 1. The maximum Gasteiger partial charge on any atom is 0.338 e. The Morgan fingerprint density at radius 1 is 0.857 bits per heavy atom. The van der Waals surface area contributed by atoms with E-state index >= 15 is 0 Å². The zero-order valence-electron chi connectivity index (χ0n) is 17.4. The molecule has 0 aromatic carbocycles. The summed E-state index contributed by atoms with van der Waals surface area (Å²) in [5.74, 6) is 1.98. The fourth-order valence-corrected chi connectivity index (χ4v) is 6.67. The van der Waals surface area contributed by atoms with Gasteiger partial charge in [0.15, 0.2) is 0 Å². The summed E-state index contributed by atoms with van der Waals surface area (Å²) in [5, 5.41) is 0. The van der Waals surface area contributed by atoms with Crippen molar-refractivity contribution in [2.45, 2.75) is 90.6 Å². The fraction of sp³-hybridized carbons (Fsp3) is 0.750. The lowest BCUT2D eigenvalue weighted by atomic mass is 9.49. The number of esters is 2. The molecule has 5 rings (SSSR count). The van der Waals surface area contributed by atoms with Gasteiger partial charge in [-0.2, -0.15) is 0 Å². The van der Waals surface area contributed by atoms with Crippen molar-refractivity contribution in [3.63, 3.8) is 0 Å². The van der Waals surface area contributed by atoms with Gasteiger partial charge in [0.1, 0.15) is 11.9 Å². The van der Waals surface area contributed by atoms with E-state index in [1.807, 2.05) is 0 Å². The van der Waals surface area contributed by atoms with Crippen molar-refractivity contribution >= 4 is 11.9 Å². The lowest BCUT2D eigenvalue weighted by molar-refractivity contribution is -0.147. The number of rotatable bonds is 5. The number of ether oxygens (including phenoxy) is 2. The van der Waals surface area contributed by atoms with Crippen molar-refractivity contribution in [2.24, 2.45) is 23.2 Å². The van der Waals surface area contributed by atoms with Crippen LogP contribution in [0.25, 0.3) is 0 Å². The van der Waals surface area contributed by atoms with Gasteiger partial charge in [0.05, 0.1) is 5.57 Å². The Morgan fingerprint density at radius 2 is 1.39 bits per heavy atom. The SMILES string of the molecule is C=C(C)C(=O)OC(=C(C)C(=O)OC1CCCCC1)C12CC3CC(CC(C3)C1)C2. The molecular weight excluding hydrogens is 352 g/mol. The number of carbonyl (C=O) groups excluding carboxylic acids is 2. The van der Waals surface area contributed by atoms with Gasteiger partial charge in [-0.25, -0.2) is 9.59 Å². The Bertz CT molecular complexity index is 660. The molecule has 5 aliphatic rings. The van der Waals surface area contributed by atoms with Crippen molar-refractivity contribution in [3.05, 3.63) is 23.5 Å². The molecule has 4 bridgehead atoms. The average Bonchev–Trinajstić information content (AvgIpc) is 2.64. The second-order valence-electron chi connectivity index (χ2n) is 9.99. The summed E-state index contributed by atoms with van der Waals surface area (Å²) >= 11 is 0. The van der Waals surface area contributed by atoms with Gasteiger partial charge in [-0.05, 0) is 95.8 Å². The summed E-state index contributed by atoms with van der Waals surface area (Å²) in [6, 6.07) is 0. The molecule has 4 heteroatoms. The summed E-state index contributed by atoms with van der Waals surface area (Å²) in [6.45, 7) is 7.20. The van der Waals surface area contributed by atoms with Crippen molar-refractivity contribution in [2.75, 3.05) is 0 Å². The zero-order valence-corrected chi connectivity index (χ0v) is 17.4. The van der Waals surface area contributed by atoms with Gasteiger partial charge in [0, 0.05) is 11.0 Å². The van der Waals surface area contributed by atoms with Gasteiger partial charge in [-0.3, -0.25) is 0 Å².